The first-order chi connectivity index (χ1) is 12.8. The summed E-state index contributed by atoms with van der Waals surface area (Å²) in [4.78, 5) is 27.2. The second-order valence-electron chi connectivity index (χ2n) is 8.61. The lowest BCUT2D eigenvalue weighted by atomic mass is 9.91. The van der Waals surface area contributed by atoms with Gasteiger partial charge in [-0.15, -0.1) is 0 Å². The molecule has 146 valence electrons. The van der Waals surface area contributed by atoms with Crippen LogP contribution in [-0.4, -0.2) is 34.4 Å². The number of rotatable bonds is 4. The van der Waals surface area contributed by atoms with Gasteiger partial charge in [0.1, 0.15) is 0 Å². The zero-order valence-electron chi connectivity index (χ0n) is 16.9. The molecule has 2 amide bonds. The van der Waals surface area contributed by atoms with Gasteiger partial charge < -0.3 is 14.8 Å². The number of fused-ring (bicyclic) bond motifs is 1. The van der Waals surface area contributed by atoms with Crippen molar-refractivity contribution in [1.82, 2.24) is 9.47 Å². The summed E-state index contributed by atoms with van der Waals surface area (Å²) in [5.41, 5.74) is 1.60. The Morgan fingerprint density at radius 3 is 2.70 bits per heavy atom. The Labute approximate surface area is 161 Å². The lowest BCUT2D eigenvalue weighted by molar-refractivity contribution is -0.142. The maximum Gasteiger partial charge on any atom is 0.229 e. The van der Waals surface area contributed by atoms with E-state index in [1.807, 2.05) is 37.8 Å². The van der Waals surface area contributed by atoms with Crippen molar-refractivity contribution >= 4 is 28.4 Å². The van der Waals surface area contributed by atoms with Crippen molar-refractivity contribution in [2.45, 2.75) is 53.5 Å². The SMILES string of the molecule is CCCn1ccc2cc(NC(=O)C3CCCN(C(=O)C(C)(C)C)C3)ccc21. The second kappa shape index (κ2) is 7.75. The lowest BCUT2D eigenvalue weighted by Crippen LogP contribution is -2.47. The third-order valence-electron chi connectivity index (χ3n) is 5.22. The number of nitrogens with zero attached hydrogens (tertiary/aromatic N) is 2. The van der Waals surface area contributed by atoms with E-state index in [0.717, 1.165) is 43.4 Å². The van der Waals surface area contributed by atoms with Crippen LogP contribution in [0.3, 0.4) is 0 Å². The fourth-order valence-electron chi connectivity index (χ4n) is 3.81. The van der Waals surface area contributed by atoms with Crippen molar-refractivity contribution in [3.8, 4) is 0 Å². The average Bonchev–Trinajstić information content (AvgIpc) is 3.03. The molecule has 1 fully saturated rings. The number of anilines is 1. The van der Waals surface area contributed by atoms with E-state index in [1.54, 1.807) is 0 Å². The Morgan fingerprint density at radius 2 is 2.00 bits per heavy atom. The van der Waals surface area contributed by atoms with E-state index in [4.69, 9.17) is 0 Å². The first kappa shape index (κ1) is 19.5. The van der Waals surface area contributed by atoms with Crippen LogP contribution in [0.2, 0.25) is 0 Å². The molecule has 0 radical (unpaired) electrons. The molecule has 1 saturated heterocycles. The van der Waals surface area contributed by atoms with Gasteiger partial charge in [-0.05, 0) is 43.5 Å². The predicted molar refractivity (Wildman–Crippen MR) is 110 cm³/mol. The van der Waals surface area contributed by atoms with Crippen LogP contribution >= 0.6 is 0 Å². The van der Waals surface area contributed by atoms with Gasteiger partial charge in [0.25, 0.3) is 0 Å². The number of piperidine rings is 1. The number of benzene rings is 1. The highest BCUT2D eigenvalue weighted by atomic mass is 16.2. The van der Waals surface area contributed by atoms with Gasteiger partial charge in [-0.1, -0.05) is 27.7 Å². The van der Waals surface area contributed by atoms with Crippen LogP contribution in [0, 0.1) is 11.3 Å². The molecule has 5 heteroatoms. The Balaban J connectivity index is 1.68. The summed E-state index contributed by atoms with van der Waals surface area (Å²) in [6.45, 7) is 10.2. The van der Waals surface area contributed by atoms with Gasteiger partial charge in [0, 0.05) is 47.8 Å². The van der Waals surface area contributed by atoms with Crippen LogP contribution in [0.1, 0.15) is 47.0 Å². The van der Waals surface area contributed by atoms with Crippen LogP contribution in [0.5, 0.6) is 0 Å². The van der Waals surface area contributed by atoms with E-state index in [2.05, 4.69) is 35.1 Å². The minimum Gasteiger partial charge on any atom is -0.347 e. The summed E-state index contributed by atoms with van der Waals surface area (Å²) in [6.07, 6.45) is 4.89. The molecular weight excluding hydrogens is 338 g/mol. The van der Waals surface area contributed by atoms with Crippen molar-refractivity contribution < 1.29 is 9.59 Å². The normalized spacial score (nSPS) is 17.9. The molecule has 2 aromatic rings. The molecule has 1 atom stereocenters. The lowest BCUT2D eigenvalue weighted by Gasteiger charge is -2.35. The van der Waals surface area contributed by atoms with Crippen molar-refractivity contribution in [2.75, 3.05) is 18.4 Å². The Morgan fingerprint density at radius 1 is 1.22 bits per heavy atom. The van der Waals surface area contributed by atoms with Gasteiger partial charge >= 0.3 is 0 Å². The fourth-order valence-corrected chi connectivity index (χ4v) is 3.81. The molecule has 3 rings (SSSR count). The quantitative estimate of drug-likeness (QED) is 0.875. The molecule has 1 aliphatic rings. The van der Waals surface area contributed by atoms with Gasteiger partial charge in [-0.2, -0.15) is 0 Å². The van der Waals surface area contributed by atoms with Crippen LogP contribution in [0.4, 0.5) is 5.69 Å². The summed E-state index contributed by atoms with van der Waals surface area (Å²) in [6, 6.07) is 8.15. The largest absolute Gasteiger partial charge is 0.347 e. The number of hydrogen-bond acceptors (Lipinski definition) is 2. The topological polar surface area (TPSA) is 54.3 Å². The first-order valence-electron chi connectivity index (χ1n) is 9.98. The molecule has 1 unspecified atom stereocenters. The van der Waals surface area contributed by atoms with Gasteiger partial charge in [0.15, 0.2) is 0 Å². The maximum absolute atomic E-state index is 12.8. The molecule has 5 nitrogen and oxygen atoms in total. The molecule has 1 aromatic carbocycles. The Bertz CT molecular complexity index is 832. The Kier molecular flexibility index (Phi) is 5.59. The number of aromatic nitrogens is 1. The van der Waals surface area contributed by atoms with Crippen LogP contribution in [0.25, 0.3) is 10.9 Å². The summed E-state index contributed by atoms with van der Waals surface area (Å²) in [5.74, 6) is -0.0159. The summed E-state index contributed by atoms with van der Waals surface area (Å²) in [5, 5.41) is 4.19. The standard InChI is InChI=1S/C22H31N3O2/c1-5-11-24-13-10-16-14-18(8-9-19(16)24)23-20(26)17-7-6-12-25(15-17)21(27)22(2,3)4/h8-10,13-14,17H,5-7,11-12,15H2,1-4H3,(H,23,26). The van der Waals surface area contributed by atoms with Gasteiger partial charge in [0.05, 0.1) is 5.92 Å². The summed E-state index contributed by atoms with van der Waals surface area (Å²) in [7, 11) is 0. The molecule has 27 heavy (non-hydrogen) atoms. The molecule has 1 aromatic heterocycles. The number of nitrogens with one attached hydrogen (secondary N) is 1. The van der Waals surface area contributed by atoms with Crippen molar-refractivity contribution in [1.29, 1.82) is 0 Å². The van der Waals surface area contributed by atoms with Crippen molar-refractivity contribution in [3.63, 3.8) is 0 Å². The minimum atomic E-state index is -0.408. The van der Waals surface area contributed by atoms with E-state index in [-0.39, 0.29) is 17.7 Å². The monoisotopic (exact) mass is 369 g/mol. The third kappa shape index (κ3) is 4.34. The first-order valence-corrected chi connectivity index (χ1v) is 9.98. The van der Waals surface area contributed by atoms with E-state index >= 15 is 0 Å². The molecule has 0 spiro atoms. The fraction of sp³-hybridized carbons (Fsp3) is 0.545. The number of likely N-dealkylation sites (tertiary alicyclic amines) is 1. The highest BCUT2D eigenvalue weighted by molar-refractivity contribution is 5.95. The molecule has 0 aliphatic carbocycles. The van der Waals surface area contributed by atoms with Gasteiger partial charge in [0.2, 0.25) is 11.8 Å². The minimum absolute atomic E-state index is 0.00810. The molecule has 1 aliphatic heterocycles. The second-order valence-corrected chi connectivity index (χ2v) is 8.61. The third-order valence-corrected chi connectivity index (χ3v) is 5.22. The molecule has 1 N–H and O–H groups in total. The molecule has 0 bridgehead atoms. The van der Waals surface area contributed by atoms with Crippen molar-refractivity contribution in [2.24, 2.45) is 11.3 Å². The number of aryl methyl sites for hydroxylation is 1. The average molecular weight is 370 g/mol. The van der Waals surface area contributed by atoms with Crippen molar-refractivity contribution in [3.05, 3.63) is 30.5 Å². The summed E-state index contributed by atoms with van der Waals surface area (Å²) >= 11 is 0. The van der Waals surface area contributed by atoms with Gasteiger partial charge in [-0.25, -0.2) is 0 Å². The Hall–Kier alpha value is -2.30. The van der Waals surface area contributed by atoms with E-state index < -0.39 is 5.41 Å². The van der Waals surface area contributed by atoms with E-state index in [1.165, 1.54) is 5.52 Å². The van der Waals surface area contributed by atoms with Gasteiger partial charge in [-0.3, -0.25) is 9.59 Å². The van der Waals surface area contributed by atoms with E-state index in [0.29, 0.717) is 6.54 Å². The van der Waals surface area contributed by atoms with Crippen LogP contribution < -0.4 is 5.32 Å². The zero-order chi connectivity index (χ0) is 19.6. The molecular formula is C22H31N3O2. The van der Waals surface area contributed by atoms with Crippen LogP contribution in [-0.2, 0) is 16.1 Å². The maximum atomic E-state index is 12.8. The highest BCUT2D eigenvalue weighted by Gasteiger charge is 2.33. The molecule has 2 heterocycles. The molecule has 0 saturated carbocycles. The number of carbonyl (C=O) groups is 2. The van der Waals surface area contributed by atoms with Crippen LogP contribution in [0.15, 0.2) is 30.5 Å². The number of carbonyl (C=O) groups excluding carboxylic acids is 2. The predicted octanol–water partition coefficient (Wildman–Crippen LogP) is 4.27. The summed E-state index contributed by atoms with van der Waals surface area (Å²) < 4.78 is 2.23. The number of amides is 2. The highest BCUT2D eigenvalue weighted by Crippen LogP contribution is 2.25. The number of hydrogen-bond donors (Lipinski definition) is 1. The zero-order valence-corrected chi connectivity index (χ0v) is 16.9. The van der Waals surface area contributed by atoms with E-state index in [9.17, 15) is 9.59 Å². The smallest absolute Gasteiger partial charge is 0.229 e.